The average Bonchev–Trinajstić information content (AvgIpc) is 2.51. The highest BCUT2D eigenvalue weighted by atomic mass is 35.5. The Morgan fingerprint density at radius 1 is 1.00 bits per heavy atom. The van der Waals surface area contributed by atoms with Crippen molar-refractivity contribution in [1.82, 2.24) is 4.98 Å². The number of hydrogen-bond acceptors (Lipinski definition) is 3. The van der Waals surface area contributed by atoms with Gasteiger partial charge in [0.2, 0.25) is 5.88 Å². The molecule has 0 unspecified atom stereocenters. The van der Waals surface area contributed by atoms with Gasteiger partial charge in [-0.15, -0.1) is 0 Å². The van der Waals surface area contributed by atoms with Crippen molar-refractivity contribution in [3.63, 3.8) is 0 Å². The maximum absolute atomic E-state index is 6.00. The fraction of sp³-hybridized carbons (Fsp3) is 0.0625. The molecule has 0 saturated carbocycles. The molecule has 5 heteroatoms. The summed E-state index contributed by atoms with van der Waals surface area (Å²) in [5, 5.41) is 2.87. The minimum absolute atomic E-state index is 0.350. The van der Waals surface area contributed by atoms with Gasteiger partial charge in [0.15, 0.2) is 0 Å². The fourth-order valence-corrected chi connectivity index (χ4v) is 2.34. The molecule has 0 fully saturated rings. The van der Waals surface area contributed by atoms with Crippen LogP contribution in [0.2, 0.25) is 10.0 Å². The zero-order valence-corrected chi connectivity index (χ0v) is 12.5. The Hall–Kier alpha value is -1.81. The molecule has 2 N–H and O–H groups in total. The van der Waals surface area contributed by atoms with Gasteiger partial charge in [0, 0.05) is 18.0 Å². The van der Waals surface area contributed by atoms with E-state index >= 15 is 0 Å². The standard InChI is InChI=1S/C16H12Cl2N2O/c17-14-6-5-12(8-15(14)18)21-16-13-4-2-1-3-10(13)7-11(9-19)20-16/h1-8H,9,19H2. The molecule has 0 bridgehead atoms. The molecule has 3 rings (SSSR count). The molecule has 0 radical (unpaired) electrons. The minimum atomic E-state index is 0.350. The third-order valence-corrected chi connectivity index (χ3v) is 3.81. The van der Waals surface area contributed by atoms with Gasteiger partial charge in [-0.25, -0.2) is 4.98 Å². The summed E-state index contributed by atoms with van der Waals surface area (Å²) >= 11 is 11.9. The molecule has 0 saturated heterocycles. The molecule has 21 heavy (non-hydrogen) atoms. The SMILES string of the molecule is NCc1cc2ccccc2c(Oc2ccc(Cl)c(Cl)c2)n1. The highest BCUT2D eigenvalue weighted by Crippen LogP contribution is 2.32. The number of nitrogens with zero attached hydrogens (tertiary/aromatic N) is 1. The molecule has 0 aliphatic carbocycles. The molecule has 0 aliphatic heterocycles. The van der Waals surface area contributed by atoms with Crippen molar-refractivity contribution in [2.24, 2.45) is 5.73 Å². The first kappa shape index (κ1) is 14.1. The van der Waals surface area contributed by atoms with Gasteiger partial charge in [-0.05, 0) is 29.7 Å². The lowest BCUT2D eigenvalue weighted by Gasteiger charge is -2.10. The topological polar surface area (TPSA) is 48.1 Å². The minimum Gasteiger partial charge on any atom is -0.438 e. The summed E-state index contributed by atoms with van der Waals surface area (Å²) in [4.78, 5) is 4.44. The third-order valence-electron chi connectivity index (χ3n) is 3.07. The molecule has 3 aromatic rings. The summed E-state index contributed by atoms with van der Waals surface area (Å²) in [7, 11) is 0. The predicted molar refractivity (Wildman–Crippen MR) is 86.2 cm³/mol. The van der Waals surface area contributed by atoms with Crippen LogP contribution in [0.5, 0.6) is 11.6 Å². The number of ether oxygens (including phenoxy) is 1. The first-order chi connectivity index (χ1) is 10.2. The maximum Gasteiger partial charge on any atom is 0.227 e. The molecule has 0 spiro atoms. The van der Waals surface area contributed by atoms with Crippen LogP contribution in [-0.2, 0) is 6.54 Å². The van der Waals surface area contributed by atoms with Crippen LogP contribution >= 0.6 is 23.2 Å². The molecule has 0 amide bonds. The number of nitrogens with two attached hydrogens (primary N) is 1. The van der Waals surface area contributed by atoms with Crippen LogP contribution in [0.4, 0.5) is 0 Å². The van der Waals surface area contributed by atoms with E-state index in [0.717, 1.165) is 16.5 Å². The number of benzene rings is 2. The highest BCUT2D eigenvalue weighted by molar-refractivity contribution is 6.42. The third kappa shape index (κ3) is 2.95. The summed E-state index contributed by atoms with van der Waals surface area (Å²) in [6.07, 6.45) is 0. The van der Waals surface area contributed by atoms with Crippen LogP contribution < -0.4 is 10.5 Å². The van der Waals surface area contributed by atoms with Crippen LogP contribution in [0.3, 0.4) is 0 Å². The van der Waals surface area contributed by atoms with Crippen LogP contribution in [0.15, 0.2) is 48.5 Å². The van der Waals surface area contributed by atoms with E-state index in [1.54, 1.807) is 18.2 Å². The summed E-state index contributed by atoms with van der Waals surface area (Å²) in [5.74, 6) is 1.09. The van der Waals surface area contributed by atoms with Gasteiger partial charge in [-0.2, -0.15) is 0 Å². The van der Waals surface area contributed by atoms with Crippen LogP contribution in [0.1, 0.15) is 5.69 Å². The van der Waals surface area contributed by atoms with Gasteiger partial charge in [0.25, 0.3) is 0 Å². The summed E-state index contributed by atoms with van der Waals surface area (Å²) in [6.45, 7) is 0.350. The van der Waals surface area contributed by atoms with Crippen molar-refractivity contribution in [3.8, 4) is 11.6 Å². The van der Waals surface area contributed by atoms with Gasteiger partial charge >= 0.3 is 0 Å². The number of fused-ring (bicyclic) bond motifs is 1. The number of hydrogen-bond donors (Lipinski definition) is 1. The van der Waals surface area contributed by atoms with E-state index in [1.807, 2.05) is 30.3 Å². The van der Waals surface area contributed by atoms with Crippen molar-refractivity contribution in [2.45, 2.75) is 6.54 Å². The zero-order valence-electron chi connectivity index (χ0n) is 11.0. The number of pyridine rings is 1. The normalized spacial score (nSPS) is 10.8. The fourth-order valence-electron chi connectivity index (χ4n) is 2.05. The molecular formula is C16H12Cl2N2O. The molecule has 3 nitrogen and oxygen atoms in total. The zero-order chi connectivity index (χ0) is 14.8. The van der Waals surface area contributed by atoms with E-state index in [1.165, 1.54) is 0 Å². The molecule has 106 valence electrons. The monoisotopic (exact) mass is 318 g/mol. The van der Waals surface area contributed by atoms with E-state index in [9.17, 15) is 0 Å². The Labute approximate surface area is 132 Å². The van der Waals surface area contributed by atoms with E-state index in [4.69, 9.17) is 33.7 Å². The summed E-state index contributed by atoms with van der Waals surface area (Å²) < 4.78 is 5.86. The van der Waals surface area contributed by atoms with E-state index in [0.29, 0.717) is 28.2 Å². The second-order valence-electron chi connectivity index (χ2n) is 4.52. The van der Waals surface area contributed by atoms with Gasteiger partial charge in [0.05, 0.1) is 15.7 Å². The van der Waals surface area contributed by atoms with Crippen LogP contribution in [0.25, 0.3) is 10.8 Å². The Balaban J connectivity index is 2.08. The number of aromatic nitrogens is 1. The molecule has 0 aliphatic rings. The smallest absolute Gasteiger partial charge is 0.227 e. The van der Waals surface area contributed by atoms with Gasteiger partial charge in [0.1, 0.15) is 5.75 Å². The predicted octanol–water partition coefficient (Wildman–Crippen LogP) is 4.79. The van der Waals surface area contributed by atoms with Crippen molar-refractivity contribution in [2.75, 3.05) is 0 Å². The lowest BCUT2D eigenvalue weighted by atomic mass is 10.1. The van der Waals surface area contributed by atoms with Crippen molar-refractivity contribution in [3.05, 3.63) is 64.3 Å². The lowest BCUT2D eigenvalue weighted by Crippen LogP contribution is -2.01. The summed E-state index contributed by atoms with van der Waals surface area (Å²) in [5.41, 5.74) is 6.46. The quantitative estimate of drug-likeness (QED) is 0.755. The highest BCUT2D eigenvalue weighted by Gasteiger charge is 2.09. The Bertz CT molecular complexity index is 805. The van der Waals surface area contributed by atoms with E-state index < -0.39 is 0 Å². The Morgan fingerprint density at radius 2 is 1.81 bits per heavy atom. The average molecular weight is 319 g/mol. The Kier molecular flexibility index (Phi) is 3.97. The van der Waals surface area contributed by atoms with Crippen LogP contribution in [-0.4, -0.2) is 4.98 Å². The first-order valence-corrected chi connectivity index (χ1v) is 7.14. The Morgan fingerprint density at radius 3 is 2.57 bits per heavy atom. The molecule has 2 aromatic carbocycles. The van der Waals surface area contributed by atoms with Crippen molar-refractivity contribution >= 4 is 34.0 Å². The second kappa shape index (κ2) is 5.90. The molecule has 1 aromatic heterocycles. The number of rotatable bonds is 3. The van der Waals surface area contributed by atoms with Gasteiger partial charge in [-0.3, -0.25) is 0 Å². The second-order valence-corrected chi connectivity index (χ2v) is 5.34. The van der Waals surface area contributed by atoms with Crippen LogP contribution in [0, 0.1) is 0 Å². The maximum atomic E-state index is 6.00. The molecule has 1 heterocycles. The first-order valence-electron chi connectivity index (χ1n) is 6.39. The van der Waals surface area contributed by atoms with E-state index in [-0.39, 0.29) is 0 Å². The van der Waals surface area contributed by atoms with E-state index in [2.05, 4.69) is 4.98 Å². The van der Waals surface area contributed by atoms with Crippen molar-refractivity contribution < 1.29 is 4.74 Å². The summed E-state index contributed by atoms with van der Waals surface area (Å²) in [6, 6.07) is 14.9. The molecule has 0 atom stereocenters. The number of halogens is 2. The molecular weight excluding hydrogens is 307 g/mol. The largest absolute Gasteiger partial charge is 0.438 e. The van der Waals surface area contributed by atoms with Crippen molar-refractivity contribution in [1.29, 1.82) is 0 Å². The lowest BCUT2D eigenvalue weighted by molar-refractivity contribution is 0.467. The van der Waals surface area contributed by atoms with Gasteiger partial charge in [-0.1, -0.05) is 41.4 Å². The van der Waals surface area contributed by atoms with Gasteiger partial charge < -0.3 is 10.5 Å².